The fourth-order valence-corrected chi connectivity index (χ4v) is 3.96. The fourth-order valence-electron chi connectivity index (χ4n) is 2.21. The van der Waals surface area contributed by atoms with Crippen LogP contribution >= 0.6 is 23.1 Å². The van der Waals surface area contributed by atoms with E-state index in [0.29, 0.717) is 10.9 Å². The van der Waals surface area contributed by atoms with Gasteiger partial charge in [0.05, 0.1) is 16.3 Å². The van der Waals surface area contributed by atoms with Crippen LogP contribution in [-0.2, 0) is 6.42 Å². The van der Waals surface area contributed by atoms with Crippen molar-refractivity contribution in [2.24, 2.45) is 0 Å². The highest BCUT2D eigenvalue weighted by atomic mass is 32.2. The number of ketones is 1. The molecule has 7 heteroatoms. The van der Waals surface area contributed by atoms with Crippen LogP contribution in [0.15, 0.2) is 35.5 Å². The lowest BCUT2D eigenvalue weighted by atomic mass is 10.1. The van der Waals surface area contributed by atoms with Crippen molar-refractivity contribution in [2.75, 3.05) is 5.75 Å². The first-order chi connectivity index (χ1) is 11.6. The van der Waals surface area contributed by atoms with E-state index in [4.69, 9.17) is 0 Å². The van der Waals surface area contributed by atoms with Crippen LogP contribution < -0.4 is 0 Å². The van der Waals surface area contributed by atoms with E-state index in [1.807, 2.05) is 30.3 Å². The van der Waals surface area contributed by atoms with Crippen LogP contribution in [0.1, 0.15) is 32.6 Å². The third-order valence-corrected chi connectivity index (χ3v) is 5.98. The van der Waals surface area contributed by atoms with Gasteiger partial charge in [0.2, 0.25) is 5.16 Å². The van der Waals surface area contributed by atoms with Gasteiger partial charge in [-0.05, 0) is 66.1 Å². The smallest absolute Gasteiger partial charge is 0.214 e. The molecule has 0 aliphatic carbocycles. The van der Waals surface area contributed by atoms with Gasteiger partial charge in [0.15, 0.2) is 5.78 Å². The third-order valence-electron chi connectivity index (χ3n) is 3.79. The monoisotopic (exact) mass is 358 g/mol. The van der Waals surface area contributed by atoms with Gasteiger partial charge in [-0.3, -0.25) is 4.79 Å². The maximum Gasteiger partial charge on any atom is 0.214 e. The Balaban J connectivity index is 1.73. The zero-order chi connectivity index (χ0) is 17.1. The number of nitrogens with zero attached hydrogens (tertiary/aromatic N) is 4. The molecule has 0 aliphatic rings. The first-order valence-electron chi connectivity index (χ1n) is 7.69. The van der Waals surface area contributed by atoms with Crippen LogP contribution in [0.5, 0.6) is 0 Å². The molecule has 0 saturated carbocycles. The van der Waals surface area contributed by atoms with Gasteiger partial charge in [0.25, 0.3) is 0 Å². The van der Waals surface area contributed by atoms with E-state index in [0.717, 1.165) is 17.0 Å². The summed E-state index contributed by atoms with van der Waals surface area (Å²) in [5, 5.41) is 12.5. The molecule has 124 valence electrons. The second-order valence-corrected chi connectivity index (χ2v) is 7.58. The molecular formula is C17H18N4OS2. The van der Waals surface area contributed by atoms with E-state index in [1.165, 1.54) is 27.8 Å². The molecule has 0 N–H and O–H groups in total. The topological polar surface area (TPSA) is 60.7 Å². The number of aromatic nitrogens is 4. The molecule has 24 heavy (non-hydrogen) atoms. The number of rotatable bonds is 6. The Kier molecular flexibility index (Phi) is 5.11. The van der Waals surface area contributed by atoms with E-state index >= 15 is 0 Å². The molecule has 2 aromatic heterocycles. The molecule has 0 radical (unpaired) electrons. The van der Waals surface area contributed by atoms with Crippen molar-refractivity contribution in [3.05, 3.63) is 51.2 Å². The molecule has 0 aliphatic heterocycles. The highest BCUT2D eigenvalue weighted by Crippen LogP contribution is 2.23. The highest BCUT2D eigenvalue weighted by molar-refractivity contribution is 7.99. The summed E-state index contributed by atoms with van der Waals surface area (Å²) in [6.45, 7) is 6.22. The molecule has 0 fully saturated rings. The molecule has 3 aromatic rings. The fraction of sp³-hybridized carbons (Fsp3) is 0.294. The Morgan fingerprint density at radius 1 is 1.21 bits per heavy atom. The van der Waals surface area contributed by atoms with Gasteiger partial charge < -0.3 is 0 Å². The summed E-state index contributed by atoms with van der Waals surface area (Å²) in [6.07, 6.45) is 0.954. The predicted octanol–water partition coefficient (Wildman–Crippen LogP) is 3.88. The molecule has 2 heterocycles. The number of hydrogen-bond acceptors (Lipinski definition) is 6. The van der Waals surface area contributed by atoms with Crippen molar-refractivity contribution < 1.29 is 4.79 Å². The average molecular weight is 358 g/mol. The summed E-state index contributed by atoms with van der Waals surface area (Å²) in [7, 11) is 0. The summed E-state index contributed by atoms with van der Waals surface area (Å²) in [6, 6.07) is 9.99. The SMILES string of the molecule is CCc1ccc(C(=O)CSc2nnnn2-c2ccc(C)c(C)c2)s1. The first kappa shape index (κ1) is 16.9. The Labute approximate surface area is 149 Å². The molecule has 0 amide bonds. The van der Waals surface area contributed by atoms with Crippen LogP contribution in [0, 0.1) is 13.8 Å². The second kappa shape index (κ2) is 7.27. The van der Waals surface area contributed by atoms with Crippen molar-refractivity contribution in [3.8, 4) is 5.69 Å². The van der Waals surface area contributed by atoms with Crippen LogP contribution in [0.25, 0.3) is 5.69 Å². The van der Waals surface area contributed by atoms with E-state index in [2.05, 4.69) is 36.3 Å². The van der Waals surface area contributed by atoms with Crippen molar-refractivity contribution in [1.82, 2.24) is 20.2 Å². The summed E-state index contributed by atoms with van der Waals surface area (Å²) in [5.41, 5.74) is 3.31. The van der Waals surface area contributed by atoms with Crippen LogP contribution in [-0.4, -0.2) is 31.7 Å². The molecule has 0 atom stereocenters. The minimum Gasteiger partial charge on any atom is -0.292 e. The number of Topliss-reactive ketones (excluding diaryl/α,β-unsaturated/α-hetero) is 1. The Bertz CT molecular complexity index is 869. The van der Waals surface area contributed by atoms with Gasteiger partial charge in [0, 0.05) is 4.88 Å². The molecule has 1 aromatic carbocycles. The maximum absolute atomic E-state index is 12.3. The number of thioether (sulfide) groups is 1. The van der Waals surface area contributed by atoms with E-state index in [9.17, 15) is 4.79 Å². The van der Waals surface area contributed by atoms with Crippen LogP contribution in [0.3, 0.4) is 0 Å². The average Bonchev–Trinajstić information content (AvgIpc) is 3.24. The molecule has 3 rings (SSSR count). The van der Waals surface area contributed by atoms with E-state index in [-0.39, 0.29) is 5.78 Å². The lowest BCUT2D eigenvalue weighted by Crippen LogP contribution is -2.04. The molecule has 0 bridgehead atoms. The number of benzene rings is 1. The quantitative estimate of drug-likeness (QED) is 0.494. The van der Waals surface area contributed by atoms with Gasteiger partial charge in [-0.2, -0.15) is 4.68 Å². The summed E-state index contributed by atoms with van der Waals surface area (Å²) < 4.78 is 1.68. The molecule has 0 spiro atoms. The zero-order valence-electron chi connectivity index (χ0n) is 13.8. The lowest BCUT2D eigenvalue weighted by molar-refractivity contribution is 0.102. The number of hydrogen-bond donors (Lipinski definition) is 0. The minimum absolute atomic E-state index is 0.110. The second-order valence-electron chi connectivity index (χ2n) is 5.47. The zero-order valence-corrected chi connectivity index (χ0v) is 15.4. The highest BCUT2D eigenvalue weighted by Gasteiger charge is 2.14. The standard InChI is InChI=1S/C17H18N4OS2/c1-4-14-7-8-16(24-14)15(22)10-23-17-18-19-20-21(17)13-6-5-11(2)12(3)9-13/h5-9H,4,10H2,1-3H3. The van der Waals surface area contributed by atoms with Crippen molar-refractivity contribution in [1.29, 1.82) is 0 Å². The predicted molar refractivity (Wildman–Crippen MR) is 97.4 cm³/mol. The third kappa shape index (κ3) is 3.57. The summed E-state index contributed by atoms with van der Waals surface area (Å²) >= 11 is 2.92. The number of tetrazole rings is 1. The van der Waals surface area contributed by atoms with Crippen molar-refractivity contribution in [2.45, 2.75) is 32.3 Å². The molecule has 0 unspecified atom stereocenters. The molecule has 0 saturated heterocycles. The Hall–Kier alpha value is -1.99. The minimum atomic E-state index is 0.110. The molecule has 5 nitrogen and oxygen atoms in total. The van der Waals surface area contributed by atoms with Crippen molar-refractivity contribution in [3.63, 3.8) is 0 Å². The summed E-state index contributed by atoms with van der Waals surface area (Å²) in [5.74, 6) is 0.439. The maximum atomic E-state index is 12.3. The lowest BCUT2D eigenvalue weighted by Gasteiger charge is -2.06. The van der Waals surface area contributed by atoms with Crippen LogP contribution in [0.4, 0.5) is 0 Å². The number of thiophene rings is 1. The van der Waals surface area contributed by atoms with E-state index < -0.39 is 0 Å². The Morgan fingerprint density at radius 3 is 2.75 bits per heavy atom. The first-order valence-corrected chi connectivity index (χ1v) is 9.49. The van der Waals surface area contributed by atoms with Gasteiger partial charge >= 0.3 is 0 Å². The number of carbonyl (C=O) groups is 1. The number of aryl methyl sites for hydroxylation is 3. The van der Waals surface area contributed by atoms with Gasteiger partial charge in [-0.25, -0.2) is 0 Å². The van der Waals surface area contributed by atoms with Crippen LogP contribution in [0.2, 0.25) is 0 Å². The normalized spacial score (nSPS) is 11.0. The van der Waals surface area contributed by atoms with Gasteiger partial charge in [-0.15, -0.1) is 16.4 Å². The Morgan fingerprint density at radius 2 is 2.04 bits per heavy atom. The van der Waals surface area contributed by atoms with Crippen molar-refractivity contribution >= 4 is 28.9 Å². The van der Waals surface area contributed by atoms with E-state index in [1.54, 1.807) is 16.0 Å². The largest absolute Gasteiger partial charge is 0.292 e. The van der Waals surface area contributed by atoms with Gasteiger partial charge in [0.1, 0.15) is 0 Å². The van der Waals surface area contributed by atoms with Gasteiger partial charge in [-0.1, -0.05) is 24.8 Å². The molecular weight excluding hydrogens is 340 g/mol. The number of carbonyl (C=O) groups excluding carboxylic acids is 1. The summed E-state index contributed by atoms with van der Waals surface area (Å²) in [4.78, 5) is 14.3.